The molecule has 0 radical (unpaired) electrons. The molecule has 0 aromatic heterocycles. The summed E-state index contributed by atoms with van der Waals surface area (Å²) in [6.45, 7) is 6.60. The average Bonchev–Trinajstić information content (AvgIpc) is 2.20. The van der Waals surface area contributed by atoms with Gasteiger partial charge in [-0.05, 0) is 20.8 Å². The Balaban J connectivity index is 2.41. The molecule has 21 heavy (non-hydrogen) atoms. The van der Waals surface area contributed by atoms with Crippen LogP contribution >= 0.6 is 0 Å². The van der Waals surface area contributed by atoms with E-state index in [1.807, 2.05) is 0 Å². The lowest BCUT2D eigenvalue weighted by molar-refractivity contribution is -0.730. The molecule has 1 rings (SSSR count). The van der Waals surface area contributed by atoms with Crippen molar-refractivity contribution in [2.45, 2.75) is 52.0 Å². The summed E-state index contributed by atoms with van der Waals surface area (Å²) in [7, 11) is 0. The molecule has 0 spiro atoms. The summed E-state index contributed by atoms with van der Waals surface area (Å²) in [6, 6.07) is -0.920. The highest BCUT2D eigenvalue weighted by Gasteiger charge is 2.41. The Morgan fingerprint density at radius 2 is 2.10 bits per heavy atom. The summed E-state index contributed by atoms with van der Waals surface area (Å²) in [5.74, 6) is -1.12. The fraction of sp³-hybridized carbons (Fsp3) is 0.818. The topological polar surface area (TPSA) is 124 Å². The summed E-state index contributed by atoms with van der Waals surface area (Å²) >= 11 is 0. The Morgan fingerprint density at radius 3 is 2.52 bits per heavy atom. The van der Waals surface area contributed by atoms with E-state index >= 15 is 0 Å². The number of carboxylic acid groups (broad SMARTS) is 1. The molecule has 1 aliphatic rings. The van der Waals surface area contributed by atoms with Gasteiger partial charge in [-0.15, -0.1) is 5.01 Å². The normalized spacial score (nSPS) is 20.3. The van der Waals surface area contributed by atoms with Crippen molar-refractivity contribution >= 4 is 12.1 Å². The Kier molecular flexibility index (Phi) is 5.17. The highest BCUT2D eigenvalue weighted by atomic mass is 16.8. The van der Waals surface area contributed by atoms with Crippen molar-refractivity contribution in [3.05, 3.63) is 5.21 Å². The number of carbonyl (C=O) groups is 2. The number of aliphatic carboxylic acids is 1. The van der Waals surface area contributed by atoms with Crippen LogP contribution in [-0.2, 0) is 19.1 Å². The Labute approximate surface area is 121 Å². The van der Waals surface area contributed by atoms with Crippen LogP contribution < -0.4 is 0 Å². The molecule has 0 saturated carbocycles. The Bertz CT molecular complexity index is 432. The Hall–Kier alpha value is -2.26. The van der Waals surface area contributed by atoms with Gasteiger partial charge in [-0.1, -0.05) is 0 Å². The van der Waals surface area contributed by atoms with E-state index in [1.165, 1.54) is 6.92 Å². The SMILES string of the molecule is CC(O/N=[N+](\[O-])N1CC[C@H]1C(=O)O)OC(=O)OC(C)(C)C. The lowest BCUT2D eigenvalue weighted by atomic mass is 10.1. The molecule has 1 unspecified atom stereocenters. The number of hydrazine groups is 1. The van der Waals surface area contributed by atoms with Gasteiger partial charge in [0.05, 0.1) is 11.5 Å². The van der Waals surface area contributed by atoms with Gasteiger partial charge >= 0.3 is 12.1 Å². The van der Waals surface area contributed by atoms with Crippen LogP contribution in [0, 0.1) is 5.21 Å². The minimum atomic E-state index is -1.15. The zero-order valence-corrected chi connectivity index (χ0v) is 12.3. The quantitative estimate of drug-likeness (QED) is 0.264. The van der Waals surface area contributed by atoms with Crippen LogP contribution in [-0.4, -0.2) is 51.7 Å². The van der Waals surface area contributed by atoms with Gasteiger partial charge in [0.2, 0.25) is 5.28 Å². The van der Waals surface area contributed by atoms with Crippen LogP contribution in [0.3, 0.4) is 0 Å². The summed E-state index contributed by atoms with van der Waals surface area (Å²) in [5.41, 5.74) is -0.717. The maximum absolute atomic E-state index is 11.5. The second-order valence-corrected chi connectivity index (χ2v) is 5.40. The standard InChI is InChI=1S/C11H19N3O7/c1-7(19-10(17)20-11(2,3)4)21-12-14(18)13-6-5-8(13)9(15)16/h7-8H,5-6H2,1-4H3,(H,15,16)/b14-12-/t7?,8-/m0/s1. The van der Waals surface area contributed by atoms with Gasteiger partial charge in [0, 0.05) is 13.3 Å². The zero-order chi connectivity index (χ0) is 16.2. The van der Waals surface area contributed by atoms with Crippen molar-refractivity contribution in [3.8, 4) is 0 Å². The van der Waals surface area contributed by atoms with Gasteiger partial charge in [-0.3, -0.25) is 4.84 Å². The number of ether oxygens (including phenoxy) is 2. The molecule has 1 aliphatic heterocycles. The lowest BCUT2D eigenvalue weighted by Crippen LogP contribution is -2.55. The van der Waals surface area contributed by atoms with Crippen LogP contribution in [0.1, 0.15) is 34.1 Å². The second-order valence-electron chi connectivity index (χ2n) is 5.40. The molecule has 1 heterocycles. The number of rotatable bonds is 5. The summed E-state index contributed by atoms with van der Waals surface area (Å²) in [6.07, 6.45) is -1.76. The predicted octanol–water partition coefficient (Wildman–Crippen LogP) is 1.25. The number of carboxylic acids is 1. The molecule has 10 nitrogen and oxygen atoms in total. The van der Waals surface area contributed by atoms with E-state index in [9.17, 15) is 14.8 Å². The van der Waals surface area contributed by atoms with Gasteiger partial charge in [0.1, 0.15) is 5.60 Å². The third kappa shape index (κ3) is 5.32. The summed E-state index contributed by atoms with van der Waals surface area (Å²) < 4.78 is 9.59. The molecule has 0 amide bonds. The second kappa shape index (κ2) is 6.46. The van der Waals surface area contributed by atoms with E-state index in [0.29, 0.717) is 6.42 Å². The van der Waals surface area contributed by atoms with Gasteiger partial charge in [-0.2, -0.15) is 0 Å². The first-order valence-electron chi connectivity index (χ1n) is 6.33. The van der Waals surface area contributed by atoms with E-state index in [0.717, 1.165) is 5.01 Å². The average molecular weight is 305 g/mol. The minimum absolute atomic E-state index is 0.0250. The number of hydrogen-bond acceptors (Lipinski definition) is 7. The molecule has 0 aromatic carbocycles. The van der Waals surface area contributed by atoms with Crippen molar-refractivity contribution in [3.63, 3.8) is 0 Å². The Morgan fingerprint density at radius 1 is 1.48 bits per heavy atom. The molecule has 2 atom stereocenters. The van der Waals surface area contributed by atoms with E-state index < -0.39 is 30.1 Å². The molecule has 1 saturated heterocycles. The zero-order valence-electron chi connectivity index (χ0n) is 12.3. The van der Waals surface area contributed by atoms with Crippen molar-refractivity contribution in [1.29, 1.82) is 0 Å². The fourth-order valence-corrected chi connectivity index (χ4v) is 1.41. The summed E-state index contributed by atoms with van der Waals surface area (Å²) in [4.78, 5) is 26.7. The maximum atomic E-state index is 11.5. The van der Waals surface area contributed by atoms with Gasteiger partial charge < -0.3 is 19.8 Å². The number of nitrogens with zero attached hydrogens (tertiary/aromatic N) is 3. The fourth-order valence-electron chi connectivity index (χ4n) is 1.41. The number of hydrogen-bond donors (Lipinski definition) is 1. The third-order valence-electron chi connectivity index (χ3n) is 2.41. The first-order valence-corrected chi connectivity index (χ1v) is 6.33. The van der Waals surface area contributed by atoms with Crippen molar-refractivity contribution in [2.24, 2.45) is 5.28 Å². The van der Waals surface area contributed by atoms with Gasteiger partial charge in [-0.25, -0.2) is 9.59 Å². The largest absolute Gasteiger partial charge is 0.569 e. The lowest BCUT2D eigenvalue weighted by Gasteiger charge is -2.32. The van der Waals surface area contributed by atoms with E-state index in [2.05, 4.69) is 10.1 Å². The van der Waals surface area contributed by atoms with E-state index in [1.54, 1.807) is 20.8 Å². The first-order chi connectivity index (χ1) is 9.60. The molecular formula is C11H19N3O7. The molecular weight excluding hydrogens is 286 g/mol. The molecule has 0 aliphatic carbocycles. The van der Waals surface area contributed by atoms with Gasteiger partial charge in [0.25, 0.3) is 6.29 Å². The molecule has 1 fully saturated rings. The van der Waals surface area contributed by atoms with E-state index in [4.69, 9.17) is 14.6 Å². The van der Waals surface area contributed by atoms with Crippen molar-refractivity contribution in [1.82, 2.24) is 5.01 Å². The van der Waals surface area contributed by atoms with Crippen LogP contribution in [0.4, 0.5) is 4.79 Å². The maximum Gasteiger partial charge on any atom is 0.511 e. The molecule has 120 valence electrons. The van der Waals surface area contributed by atoms with Crippen molar-refractivity contribution in [2.75, 3.05) is 6.54 Å². The van der Waals surface area contributed by atoms with Crippen molar-refractivity contribution < 1.29 is 34.0 Å². The molecule has 10 heteroatoms. The van der Waals surface area contributed by atoms with Crippen LogP contribution in [0.15, 0.2) is 5.28 Å². The highest BCUT2D eigenvalue weighted by molar-refractivity contribution is 5.74. The molecule has 0 bridgehead atoms. The summed E-state index contributed by atoms with van der Waals surface area (Å²) in [5, 5.41) is 24.4. The van der Waals surface area contributed by atoms with Crippen LogP contribution in [0.25, 0.3) is 0 Å². The number of carbonyl (C=O) groups excluding carboxylic acids is 1. The molecule has 1 N–H and O–H groups in total. The van der Waals surface area contributed by atoms with Gasteiger partial charge in [0.15, 0.2) is 6.04 Å². The van der Waals surface area contributed by atoms with Crippen LogP contribution in [0.5, 0.6) is 0 Å². The predicted molar refractivity (Wildman–Crippen MR) is 66.7 cm³/mol. The molecule has 0 aromatic rings. The highest BCUT2D eigenvalue weighted by Crippen LogP contribution is 2.17. The smallest absolute Gasteiger partial charge is 0.511 e. The third-order valence-corrected chi connectivity index (χ3v) is 2.41. The van der Waals surface area contributed by atoms with E-state index in [-0.39, 0.29) is 11.5 Å². The first kappa shape index (κ1) is 16.8. The minimum Gasteiger partial charge on any atom is -0.569 e. The monoisotopic (exact) mass is 305 g/mol. The van der Waals surface area contributed by atoms with Crippen LogP contribution in [0.2, 0.25) is 0 Å².